The lowest BCUT2D eigenvalue weighted by molar-refractivity contribution is 0.161. The number of benzene rings is 2. The van der Waals surface area contributed by atoms with Gasteiger partial charge in [-0.1, -0.05) is 24.3 Å². The smallest absolute Gasteiger partial charge is 0.161 e. The highest BCUT2D eigenvalue weighted by Crippen LogP contribution is 2.41. The number of para-hydroxylation sites is 1. The maximum atomic E-state index is 6.26. The first kappa shape index (κ1) is 13.8. The molecule has 0 unspecified atom stereocenters. The van der Waals surface area contributed by atoms with Gasteiger partial charge in [0.1, 0.15) is 11.9 Å². The van der Waals surface area contributed by atoms with Crippen LogP contribution in [0.2, 0.25) is 0 Å². The van der Waals surface area contributed by atoms with E-state index in [1.807, 2.05) is 42.5 Å². The SMILES string of the molecule is COc1ccc([C@H]2C[C@H](N)c3ccccc3O2)cc1OC. The van der Waals surface area contributed by atoms with Crippen LogP contribution >= 0.6 is 0 Å². The lowest BCUT2D eigenvalue weighted by Crippen LogP contribution is -2.24. The monoisotopic (exact) mass is 285 g/mol. The lowest BCUT2D eigenvalue weighted by Gasteiger charge is -2.30. The third-order valence-corrected chi connectivity index (χ3v) is 3.84. The molecule has 0 aliphatic carbocycles. The largest absolute Gasteiger partial charge is 0.493 e. The highest BCUT2D eigenvalue weighted by Gasteiger charge is 2.27. The zero-order chi connectivity index (χ0) is 14.8. The molecule has 4 nitrogen and oxygen atoms in total. The minimum absolute atomic E-state index is 0.0203. The Morgan fingerprint density at radius 3 is 2.57 bits per heavy atom. The van der Waals surface area contributed by atoms with Crippen molar-refractivity contribution in [2.24, 2.45) is 5.73 Å². The van der Waals surface area contributed by atoms with Gasteiger partial charge in [-0.25, -0.2) is 0 Å². The van der Waals surface area contributed by atoms with E-state index in [2.05, 4.69) is 0 Å². The molecule has 2 aromatic rings. The number of nitrogens with two attached hydrogens (primary N) is 1. The highest BCUT2D eigenvalue weighted by molar-refractivity contribution is 5.45. The maximum absolute atomic E-state index is 6.26. The van der Waals surface area contributed by atoms with Gasteiger partial charge in [0, 0.05) is 18.0 Å². The van der Waals surface area contributed by atoms with Crippen LogP contribution in [0.3, 0.4) is 0 Å². The summed E-state index contributed by atoms with van der Waals surface area (Å²) in [5, 5.41) is 0. The third-order valence-electron chi connectivity index (χ3n) is 3.84. The molecular weight excluding hydrogens is 266 g/mol. The first-order valence-electron chi connectivity index (χ1n) is 6.96. The van der Waals surface area contributed by atoms with Crippen LogP contribution in [0, 0.1) is 0 Å². The van der Waals surface area contributed by atoms with E-state index in [0.29, 0.717) is 11.5 Å². The summed E-state index contributed by atoms with van der Waals surface area (Å²) < 4.78 is 16.7. The molecular formula is C17H19NO3. The van der Waals surface area contributed by atoms with Crippen molar-refractivity contribution in [3.63, 3.8) is 0 Å². The van der Waals surface area contributed by atoms with Crippen LogP contribution in [-0.4, -0.2) is 14.2 Å². The molecule has 0 amide bonds. The Hall–Kier alpha value is -2.20. The molecule has 2 N–H and O–H groups in total. The van der Waals surface area contributed by atoms with Crippen LogP contribution in [0.5, 0.6) is 17.2 Å². The zero-order valence-corrected chi connectivity index (χ0v) is 12.2. The van der Waals surface area contributed by atoms with Crippen molar-refractivity contribution in [2.75, 3.05) is 14.2 Å². The summed E-state index contributed by atoms with van der Waals surface area (Å²) in [6, 6.07) is 13.7. The number of ether oxygens (including phenoxy) is 3. The molecule has 2 aromatic carbocycles. The van der Waals surface area contributed by atoms with Crippen molar-refractivity contribution in [1.82, 2.24) is 0 Å². The second kappa shape index (κ2) is 5.66. The standard InChI is InChI=1S/C17H19NO3/c1-19-15-8-7-11(9-17(15)20-2)16-10-13(18)12-5-3-4-6-14(12)21-16/h3-9,13,16H,10,18H2,1-2H3/t13-,16+/m0/s1. The second-order valence-corrected chi connectivity index (χ2v) is 5.10. The molecule has 0 bridgehead atoms. The summed E-state index contributed by atoms with van der Waals surface area (Å²) in [5.41, 5.74) is 8.37. The summed E-state index contributed by atoms with van der Waals surface area (Å²) in [7, 11) is 3.26. The van der Waals surface area contributed by atoms with E-state index >= 15 is 0 Å². The normalized spacial score (nSPS) is 20.3. The predicted octanol–water partition coefficient (Wildman–Crippen LogP) is 3.23. The summed E-state index contributed by atoms with van der Waals surface area (Å²) in [4.78, 5) is 0. The molecule has 4 heteroatoms. The van der Waals surface area contributed by atoms with Gasteiger partial charge in [-0.15, -0.1) is 0 Å². The summed E-state index contributed by atoms with van der Waals surface area (Å²) in [6.45, 7) is 0. The van der Waals surface area contributed by atoms with E-state index in [4.69, 9.17) is 19.9 Å². The van der Waals surface area contributed by atoms with E-state index in [0.717, 1.165) is 23.3 Å². The molecule has 3 rings (SSSR count). The van der Waals surface area contributed by atoms with Gasteiger partial charge in [0.25, 0.3) is 0 Å². The Kier molecular flexibility index (Phi) is 3.71. The van der Waals surface area contributed by atoms with Gasteiger partial charge >= 0.3 is 0 Å². The molecule has 1 heterocycles. The molecule has 21 heavy (non-hydrogen) atoms. The number of hydrogen-bond acceptors (Lipinski definition) is 4. The van der Waals surface area contributed by atoms with E-state index < -0.39 is 0 Å². The Morgan fingerprint density at radius 2 is 1.81 bits per heavy atom. The molecule has 0 fully saturated rings. The quantitative estimate of drug-likeness (QED) is 0.940. The van der Waals surface area contributed by atoms with Crippen LogP contribution in [0.4, 0.5) is 0 Å². The Balaban J connectivity index is 1.92. The average molecular weight is 285 g/mol. The average Bonchev–Trinajstić information content (AvgIpc) is 2.54. The third kappa shape index (κ3) is 2.54. The topological polar surface area (TPSA) is 53.7 Å². The van der Waals surface area contributed by atoms with Gasteiger partial charge in [0.05, 0.1) is 14.2 Å². The van der Waals surface area contributed by atoms with Crippen LogP contribution in [-0.2, 0) is 0 Å². The molecule has 2 atom stereocenters. The number of hydrogen-bond donors (Lipinski definition) is 1. The molecule has 0 aromatic heterocycles. The fraction of sp³-hybridized carbons (Fsp3) is 0.294. The second-order valence-electron chi connectivity index (χ2n) is 5.10. The zero-order valence-electron chi connectivity index (χ0n) is 12.2. The fourth-order valence-electron chi connectivity index (χ4n) is 2.71. The van der Waals surface area contributed by atoms with Crippen LogP contribution in [0.1, 0.15) is 29.7 Å². The van der Waals surface area contributed by atoms with E-state index in [1.165, 1.54) is 0 Å². The predicted molar refractivity (Wildman–Crippen MR) is 80.9 cm³/mol. The van der Waals surface area contributed by atoms with Gasteiger partial charge in [0.2, 0.25) is 0 Å². The Morgan fingerprint density at radius 1 is 1.05 bits per heavy atom. The first-order chi connectivity index (χ1) is 10.2. The van der Waals surface area contributed by atoms with Crippen molar-refractivity contribution in [2.45, 2.75) is 18.6 Å². The van der Waals surface area contributed by atoms with Crippen molar-refractivity contribution in [3.05, 3.63) is 53.6 Å². The Bertz CT molecular complexity index is 642. The molecule has 0 saturated carbocycles. The molecule has 0 spiro atoms. The lowest BCUT2D eigenvalue weighted by atomic mass is 9.93. The van der Waals surface area contributed by atoms with Gasteiger partial charge in [0.15, 0.2) is 11.5 Å². The van der Waals surface area contributed by atoms with Gasteiger partial charge in [-0.2, -0.15) is 0 Å². The molecule has 1 aliphatic heterocycles. The van der Waals surface area contributed by atoms with Crippen molar-refractivity contribution < 1.29 is 14.2 Å². The van der Waals surface area contributed by atoms with E-state index in [1.54, 1.807) is 14.2 Å². The fourth-order valence-corrected chi connectivity index (χ4v) is 2.71. The van der Waals surface area contributed by atoms with Crippen LogP contribution in [0.25, 0.3) is 0 Å². The molecule has 110 valence electrons. The highest BCUT2D eigenvalue weighted by atomic mass is 16.5. The van der Waals surface area contributed by atoms with Gasteiger partial charge < -0.3 is 19.9 Å². The van der Waals surface area contributed by atoms with Crippen molar-refractivity contribution >= 4 is 0 Å². The number of fused-ring (bicyclic) bond motifs is 1. The molecule has 0 radical (unpaired) electrons. The van der Waals surface area contributed by atoms with Gasteiger partial charge in [-0.3, -0.25) is 0 Å². The minimum Gasteiger partial charge on any atom is -0.493 e. The summed E-state index contributed by atoms with van der Waals surface area (Å²) >= 11 is 0. The van der Waals surface area contributed by atoms with E-state index in [-0.39, 0.29) is 12.1 Å². The van der Waals surface area contributed by atoms with Crippen molar-refractivity contribution in [1.29, 1.82) is 0 Å². The van der Waals surface area contributed by atoms with Gasteiger partial charge in [-0.05, 0) is 23.8 Å². The van der Waals surface area contributed by atoms with Crippen LogP contribution in [0.15, 0.2) is 42.5 Å². The number of rotatable bonds is 3. The van der Waals surface area contributed by atoms with Crippen LogP contribution < -0.4 is 19.9 Å². The molecule has 1 aliphatic rings. The Labute approximate surface area is 124 Å². The maximum Gasteiger partial charge on any atom is 0.161 e. The number of methoxy groups -OCH3 is 2. The summed E-state index contributed by atoms with van der Waals surface area (Å²) in [6.07, 6.45) is 0.668. The molecule has 0 saturated heterocycles. The van der Waals surface area contributed by atoms with E-state index in [9.17, 15) is 0 Å². The first-order valence-corrected chi connectivity index (χ1v) is 6.96. The van der Waals surface area contributed by atoms with Crippen molar-refractivity contribution in [3.8, 4) is 17.2 Å². The summed E-state index contributed by atoms with van der Waals surface area (Å²) in [5.74, 6) is 2.27. The minimum atomic E-state index is -0.0743.